The summed E-state index contributed by atoms with van der Waals surface area (Å²) in [5.41, 5.74) is 5.01. The number of nitrogens with one attached hydrogen (secondary N) is 3. The summed E-state index contributed by atoms with van der Waals surface area (Å²) in [6.07, 6.45) is 7.02. The number of fused-ring (bicyclic) bond motifs is 1. The summed E-state index contributed by atoms with van der Waals surface area (Å²) >= 11 is 0. The zero-order valence-electron chi connectivity index (χ0n) is 17.5. The molecule has 0 spiro atoms. The molecule has 7 nitrogen and oxygen atoms in total. The molecule has 3 N–H and O–H groups in total. The van der Waals surface area contributed by atoms with Crippen LogP contribution >= 0.6 is 0 Å². The molecule has 1 aromatic carbocycles. The van der Waals surface area contributed by atoms with E-state index in [9.17, 15) is 0 Å². The number of likely N-dealkylation sites (N-methyl/N-ethyl adjacent to an activating group) is 1. The van der Waals surface area contributed by atoms with Crippen molar-refractivity contribution in [2.45, 2.75) is 19.4 Å². The maximum absolute atomic E-state index is 4.36. The van der Waals surface area contributed by atoms with Crippen LogP contribution in [0.1, 0.15) is 22.7 Å². The standard InChI is InChI=1S/C21H31N7/c1-15-7-6-8-18-16(11-24-20(15)18)9-10-23-21(22-2)25-13-19(27(3)4)17-12-26-28(5)14-17/h6-8,11-12,14,19,24H,9-10,13H2,1-5H3,(H2,22,23,25). The molecule has 28 heavy (non-hydrogen) atoms. The molecule has 0 aliphatic carbocycles. The molecule has 0 aliphatic rings. The fraction of sp³-hybridized carbons (Fsp3) is 0.429. The van der Waals surface area contributed by atoms with Crippen LogP contribution in [0.3, 0.4) is 0 Å². The van der Waals surface area contributed by atoms with Gasteiger partial charge in [-0.2, -0.15) is 5.10 Å². The minimum absolute atomic E-state index is 0.226. The summed E-state index contributed by atoms with van der Waals surface area (Å²) in [5.74, 6) is 0.812. The van der Waals surface area contributed by atoms with Crippen LogP contribution in [0.4, 0.5) is 0 Å². The number of H-pyrrole nitrogens is 1. The predicted octanol–water partition coefficient (Wildman–Crippen LogP) is 2.22. The Bertz CT molecular complexity index is 935. The maximum atomic E-state index is 4.36. The number of aliphatic imine (C=N–C) groups is 1. The Kier molecular flexibility index (Phi) is 6.36. The van der Waals surface area contributed by atoms with Gasteiger partial charge in [0.1, 0.15) is 0 Å². The zero-order valence-corrected chi connectivity index (χ0v) is 17.5. The van der Waals surface area contributed by atoms with E-state index < -0.39 is 0 Å². The van der Waals surface area contributed by atoms with E-state index in [1.54, 1.807) is 7.05 Å². The Morgan fingerprint density at radius 2 is 2.14 bits per heavy atom. The lowest BCUT2D eigenvalue weighted by Crippen LogP contribution is -2.42. The number of aryl methyl sites for hydroxylation is 2. The van der Waals surface area contributed by atoms with Gasteiger partial charge in [-0.15, -0.1) is 0 Å². The molecule has 0 saturated heterocycles. The van der Waals surface area contributed by atoms with Crippen molar-refractivity contribution in [2.75, 3.05) is 34.2 Å². The average molecular weight is 382 g/mol. The van der Waals surface area contributed by atoms with Gasteiger partial charge in [0.2, 0.25) is 0 Å². The summed E-state index contributed by atoms with van der Waals surface area (Å²) in [7, 11) is 7.90. The first kappa shape index (κ1) is 19.9. The van der Waals surface area contributed by atoms with E-state index in [-0.39, 0.29) is 6.04 Å². The highest BCUT2D eigenvalue weighted by molar-refractivity contribution is 5.86. The van der Waals surface area contributed by atoms with Gasteiger partial charge in [0, 0.05) is 56.0 Å². The normalized spacial score (nSPS) is 13.3. The van der Waals surface area contributed by atoms with Crippen LogP contribution in [-0.4, -0.2) is 59.9 Å². The largest absolute Gasteiger partial charge is 0.361 e. The number of guanidine groups is 1. The lowest BCUT2D eigenvalue weighted by Gasteiger charge is -2.24. The van der Waals surface area contributed by atoms with E-state index in [0.29, 0.717) is 0 Å². The molecule has 0 saturated carbocycles. The summed E-state index contributed by atoms with van der Waals surface area (Å²) in [4.78, 5) is 9.94. The summed E-state index contributed by atoms with van der Waals surface area (Å²) < 4.78 is 1.84. The van der Waals surface area contributed by atoms with Crippen molar-refractivity contribution < 1.29 is 0 Å². The van der Waals surface area contributed by atoms with Gasteiger partial charge < -0.3 is 20.5 Å². The third kappa shape index (κ3) is 4.54. The Labute approximate surface area is 166 Å². The molecule has 2 heterocycles. The van der Waals surface area contributed by atoms with Gasteiger partial charge in [-0.1, -0.05) is 18.2 Å². The molecule has 0 amide bonds. The maximum Gasteiger partial charge on any atom is 0.191 e. The van der Waals surface area contributed by atoms with Crippen LogP contribution in [0, 0.1) is 6.92 Å². The van der Waals surface area contributed by atoms with E-state index in [1.165, 1.54) is 27.6 Å². The van der Waals surface area contributed by atoms with Gasteiger partial charge in [0.15, 0.2) is 5.96 Å². The lowest BCUT2D eigenvalue weighted by atomic mass is 10.1. The molecule has 7 heteroatoms. The second-order valence-electron chi connectivity index (χ2n) is 7.37. The van der Waals surface area contributed by atoms with E-state index in [1.807, 2.05) is 17.9 Å². The van der Waals surface area contributed by atoms with Crippen LogP contribution in [-0.2, 0) is 13.5 Å². The Hall–Kier alpha value is -2.80. The molecular formula is C21H31N7. The third-order valence-corrected chi connectivity index (χ3v) is 5.12. The van der Waals surface area contributed by atoms with Crippen molar-refractivity contribution in [2.24, 2.45) is 12.0 Å². The molecular weight excluding hydrogens is 350 g/mol. The van der Waals surface area contributed by atoms with Crippen LogP contribution in [0.15, 0.2) is 41.8 Å². The monoisotopic (exact) mass is 381 g/mol. The SMILES string of the molecule is CN=C(NCCc1c[nH]c2c(C)cccc12)NCC(c1cnn(C)c1)N(C)C. The smallest absolute Gasteiger partial charge is 0.191 e. The van der Waals surface area contributed by atoms with Crippen molar-refractivity contribution in [1.29, 1.82) is 0 Å². The second kappa shape index (κ2) is 8.93. The first-order valence-electron chi connectivity index (χ1n) is 9.64. The highest BCUT2D eigenvalue weighted by atomic mass is 15.3. The Morgan fingerprint density at radius 1 is 1.32 bits per heavy atom. The molecule has 0 bridgehead atoms. The first-order chi connectivity index (χ1) is 13.5. The summed E-state index contributed by atoms with van der Waals surface area (Å²) in [6.45, 7) is 3.71. The van der Waals surface area contributed by atoms with Gasteiger partial charge in [-0.25, -0.2) is 0 Å². The fourth-order valence-corrected chi connectivity index (χ4v) is 3.51. The van der Waals surface area contributed by atoms with Gasteiger partial charge in [-0.05, 0) is 38.6 Å². The number of benzene rings is 1. The van der Waals surface area contributed by atoms with Crippen molar-refractivity contribution in [3.05, 3.63) is 53.5 Å². The minimum atomic E-state index is 0.226. The van der Waals surface area contributed by atoms with Crippen LogP contribution in [0.5, 0.6) is 0 Å². The molecule has 0 radical (unpaired) electrons. The second-order valence-corrected chi connectivity index (χ2v) is 7.37. The fourth-order valence-electron chi connectivity index (χ4n) is 3.51. The van der Waals surface area contributed by atoms with Crippen molar-refractivity contribution >= 4 is 16.9 Å². The van der Waals surface area contributed by atoms with Gasteiger partial charge >= 0.3 is 0 Å². The van der Waals surface area contributed by atoms with E-state index >= 15 is 0 Å². The highest BCUT2D eigenvalue weighted by Crippen LogP contribution is 2.21. The van der Waals surface area contributed by atoms with Gasteiger partial charge in [0.05, 0.1) is 12.2 Å². The zero-order chi connectivity index (χ0) is 20.1. The number of aromatic nitrogens is 3. The first-order valence-corrected chi connectivity index (χ1v) is 9.64. The Balaban J connectivity index is 1.55. The highest BCUT2D eigenvalue weighted by Gasteiger charge is 2.16. The van der Waals surface area contributed by atoms with Gasteiger partial charge in [0.25, 0.3) is 0 Å². The minimum Gasteiger partial charge on any atom is -0.361 e. The number of nitrogens with zero attached hydrogens (tertiary/aromatic N) is 4. The van der Waals surface area contributed by atoms with Crippen LogP contribution in [0.2, 0.25) is 0 Å². The molecule has 1 atom stereocenters. The van der Waals surface area contributed by atoms with E-state index in [2.05, 4.69) is 82.2 Å². The molecule has 0 fully saturated rings. The molecule has 3 rings (SSSR count). The van der Waals surface area contributed by atoms with Crippen molar-refractivity contribution in [3.8, 4) is 0 Å². The molecule has 150 valence electrons. The topological polar surface area (TPSA) is 73.3 Å². The molecule has 2 aromatic heterocycles. The third-order valence-electron chi connectivity index (χ3n) is 5.12. The number of para-hydroxylation sites is 1. The average Bonchev–Trinajstić information content (AvgIpc) is 3.27. The van der Waals surface area contributed by atoms with Gasteiger partial charge in [-0.3, -0.25) is 9.67 Å². The quantitative estimate of drug-likeness (QED) is 0.433. The number of aromatic amines is 1. The Morgan fingerprint density at radius 3 is 2.82 bits per heavy atom. The number of hydrogen-bond donors (Lipinski definition) is 3. The van der Waals surface area contributed by atoms with Crippen molar-refractivity contribution in [1.82, 2.24) is 30.3 Å². The van der Waals surface area contributed by atoms with E-state index in [0.717, 1.165) is 25.5 Å². The number of rotatable bonds is 7. The summed E-state index contributed by atoms with van der Waals surface area (Å²) in [5, 5.41) is 12.5. The van der Waals surface area contributed by atoms with E-state index in [4.69, 9.17) is 0 Å². The molecule has 1 unspecified atom stereocenters. The number of hydrogen-bond acceptors (Lipinski definition) is 3. The lowest BCUT2D eigenvalue weighted by molar-refractivity contribution is 0.298. The molecule has 3 aromatic rings. The van der Waals surface area contributed by atoms with Crippen LogP contribution < -0.4 is 10.6 Å². The summed E-state index contributed by atoms with van der Waals surface area (Å²) in [6, 6.07) is 6.65. The molecule has 0 aliphatic heterocycles. The predicted molar refractivity (Wildman–Crippen MR) is 116 cm³/mol. The van der Waals surface area contributed by atoms with Crippen LogP contribution in [0.25, 0.3) is 10.9 Å². The van der Waals surface area contributed by atoms with Crippen molar-refractivity contribution in [3.63, 3.8) is 0 Å².